The zero-order chi connectivity index (χ0) is 12.6. The smallest absolute Gasteiger partial charge is 0.142 e. The second kappa shape index (κ2) is 6.21. The number of hydrogen-bond donors (Lipinski definition) is 1. The lowest BCUT2D eigenvalue weighted by Gasteiger charge is -2.07. The molecule has 2 rings (SSSR count). The molecule has 0 saturated heterocycles. The Morgan fingerprint density at radius 2 is 2.22 bits per heavy atom. The van der Waals surface area contributed by atoms with Gasteiger partial charge >= 0.3 is 0 Å². The van der Waals surface area contributed by atoms with Crippen LogP contribution in [-0.2, 0) is 0 Å². The zero-order valence-corrected chi connectivity index (χ0v) is 9.71. The number of hydrogen-bond acceptors (Lipinski definition) is 5. The van der Waals surface area contributed by atoms with E-state index < -0.39 is 0 Å². The fourth-order valence-electron chi connectivity index (χ4n) is 1.38. The molecule has 0 saturated carbocycles. The second-order valence-corrected chi connectivity index (χ2v) is 3.48. The number of nitrogens with one attached hydrogen (secondary N) is 1. The lowest BCUT2D eigenvalue weighted by atomic mass is 10.3. The van der Waals surface area contributed by atoms with Crippen LogP contribution >= 0.6 is 0 Å². The van der Waals surface area contributed by atoms with Gasteiger partial charge in [0.15, 0.2) is 0 Å². The number of ether oxygens (including phenoxy) is 1. The quantitative estimate of drug-likeness (QED) is 0.807. The SMILES string of the molecule is N#Cc1cccc(NCCOc2cccnc2)n1. The Hall–Kier alpha value is -2.61. The molecule has 0 unspecified atom stereocenters. The minimum absolute atomic E-state index is 0.396. The van der Waals surface area contributed by atoms with Crippen molar-refractivity contribution in [3.05, 3.63) is 48.4 Å². The minimum atomic E-state index is 0.396. The van der Waals surface area contributed by atoms with Crippen LogP contribution in [0.5, 0.6) is 5.75 Å². The van der Waals surface area contributed by atoms with E-state index in [-0.39, 0.29) is 0 Å². The average molecular weight is 240 g/mol. The van der Waals surface area contributed by atoms with Crippen molar-refractivity contribution in [2.45, 2.75) is 0 Å². The molecule has 90 valence electrons. The van der Waals surface area contributed by atoms with Crippen LogP contribution in [0.2, 0.25) is 0 Å². The highest BCUT2D eigenvalue weighted by atomic mass is 16.5. The van der Waals surface area contributed by atoms with Crippen molar-refractivity contribution in [2.24, 2.45) is 0 Å². The Kier molecular flexibility index (Phi) is 4.09. The molecule has 0 fully saturated rings. The number of nitrogens with zero attached hydrogens (tertiary/aromatic N) is 3. The van der Waals surface area contributed by atoms with Crippen molar-refractivity contribution < 1.29 is 4.74 Å². The summed E-state index contributed by atoms with van der Waals surface area (Å²) in [5, 5.41) is 11.8. The van der Waals surface area contributed by atoms with Gasteiger partial charge in [-0.2, -0.15) is 5.26 Å². The van der Waals surface area contributed by atoms with Gasteiger partial charge in [-0.05, 0) is 24.3 Å². The molecular weight excluding hydrogens is 228 g/mol. The summed E-state index contributed by atoms with van der Waals surface area (Å²) < 4.78 is 5.47. The largest absolute Gasteiger partial charge is 0.490 e. The first-order chi connectivity index (χ1) is 8.88. The predicted octanol–water partition coefficient (Wildman–Crippen LogP) is 1.84. The maximum absolute atomic E-state index is 8.71. The predicted molar refractivity (Wildman–Crippen MR) is 67.2 cm³/mol. The Morgan fingerprint density at radius 1 is 1.28 bits per heavy atom. The molecule has 0 spiro atoms. The van der Waals surface area contributed by atoms with Crippen LogP contribution in [0.25, 0.3) is 0 Å². The van der Waals surface area contributed by atoms with Crippen LogP contribution in [0, 0.1) is 11.3 Å². The van der Waals surface area contributed by atoms with Crippen molar-refractivity contribution in [1.82, 2.24) is 9.97 Å². The highest BCUT2D eigenvalue weighted by molar-refractivity contribution is 5.38. The summed E-state index contributed by atoms with van der Waals surface area (Å²) in [6.07, 6.45) is 3.36. The van der Waals surface area contributed by atoms with Crippen LogP contribution in [0.4, 0.5) is 5.82 Å². The van der Waals surface area contributed by atoms with Crippen molar-refractivity contribution in [3.8, 4) is 11.8 Å². The van der Waals surface area contributed by atoms with E-state index in [1.54, 1.807) is 24.5 Å². The lowest BCUT2D eigenvalue weighted by molar-refractivity contribution is 0.331. The number of anilines is 1. The molecule has 0 aromatic carbocycles. The Balaban J connectivity index is 1.77. The van der Waals surface area contributed by atoms with Crippen molar-refractivity contribution in [3.63, 3.8) is 0 Å². The Labute approximate surface area is 105 Å². The number of pyridine rings is 2. The molecule has 18 heavy (non-hydrogen) atoms. The number of nitriles is 1. The maximum atomic E-state index is 8.71. The van der Waals surface area contributed by atoms with Gasteiger partial charge in [-0.1, -0.05) is 6.07 Å². The summed E-state index contributed by atoms with van der Waals surface area (Å²) >= 11 is 0. The molecule has 2 heterocycles. The summed E-state index contributed by atoms with van der Waals surface area (Å²) in [5.41, 5.74) is 0.396. The number of aromatic nitrogens is 2. The molecule has 0 atom stereocenters. The lowest BCUT2D eigenvalue weighted by Crippen LogP contribution is -2.12. The van der Waals surface area contributed by atoms with Gasteiger partial charge in [0.1, 0.15) is 29.9 Å². The van der Waals surface area contributed by atoms with Gasteiger partial charge in [0.05, 0.1) is 12.7 Å². The zero-order valence-electron chi connectivity index (χ0n) is 9.71. The summed E-state index contributed by atoms with van der Waals surface area (Å²) in [5.74, 6) is 1.40. The molecule has 0 aliphatic rings. The van der Waals surface area contributed by atoms with E-state index in [1.807, 2.05) is 24.3 Å². The molecule has 5 heteroatoms. The van der Waals surface area contributed by atoms with Crippen molar-refractivity contribution >= 4 is 5.82 Å². The molecule has 0 aliphatic carbocycles. The third-order valence-electron chi connectivity index (χ3n) is 2.17. The molecular formula is C13H12N4O. The summed E-state index contributed by atoms with van der Waals surface area (Å²) in [7, 11) is 0. The van der Waals surface area contributed by atoms with Crippen molar-refractivity contribution in [2.75, 3.05) is 18.5 Å². The number of rotatable bonds is 5. The normalized spacial score (nSPS) is 9.50. The summed E-state index contributed by atoms with van der Waals surface area (Å²) in [6, 6.07) is 10.9. The third kappa shape index (κ3) is 3.46. The molecule has 5 nitrogen and oxygen atoms in total. The van der Waals surface area contributed by atoms with E-state index in [4.69, 9.17) is 10.00 Å². The Morgan fingerprint density at radius 3 is 3.00 bits per heavy atom. The summed E-state index contributed by atoms with van der Waals surface area (Å²) in [6.45, 7) is 1.11. The van der Waals surface area contributed by atoms with Gasteiger partial charge < -0.3 is 10.1 Å². The summed E-state index contributed by atoms with van der Waals surface area (Å²) in [4.78, 5) is 8.05. The fourth-order valence-corrected chi connectivity index (χ4v) is 1.38. The molecule has 2 aromatic heterocycles. The van der Waals surface area contributed by atoms with Crippen LogP contribution in [0.15, 0.2) is 42.7 Å². The Bertz CT molecular complexity index is 536. The van der Waals surface area contributed by atoms with E-state index in [0.717, 1.165) is 5.75 Å². The first-order valence-electron chi connectivity index (χ1n) is 5.52. The van der Waals surface area contributed by atoms with E-state index in [1.165, 1.54) is 0 Å². The van der Waals surface area contributed by atoms with Gasteiger partial charge in [-0.3, -0.25) is 4.98 Å². The van der Waals surface area contributed by atoms with Crippen LogP contribution in [0.3, 0.4) is 0 Å². The van der Waals surface area contributed by atoms with E-state index in [9.17, 15) is 0 Å². The van der Waals surface area contributed by atoms with Gasteiger partial charge in [0, 0.05) is 6.20 Å². The second-order valence-electron chi connectivity index (χ2n) is 3.48. The third-order valence-corrected chi connectivity index (χ3v) is 2.17. The molecule has 0 bridgehead atoms. The molecule has 0 radical (unpaired) electrons. The molecule has 0 aliphatic heterocycles. The van der Waals surface area contributed by atoms with E-state index in [2.05, 4.69) is 15.3 Å². The first-order valence-corrected chi connectivity index (χ1v) is 5.52. The van der Waals surface area contributed by atoms with Gasteiger partial charge in [0.25, 0.3) is 0 Å². The van der Waals surface area contributed by atoms with Crippen LogP contribution in [-0.4, -0.2) is 23.1 Å². The highest BCUT2D eigenvalue weighted by Gasteiger charge is 1.96. The fraction of sp³-hybridized carbons (Fsp3) is 0.154. The van der Waals surface area contributed by atoms with E-state index in [0.29, 0.717) is 24.7 Å². The van der Waals surface area contributed by atoms with Crippen LogP contribution < -0.4 is 10.1 Å². The van der Waals surface area contributed by atoms with Gasteiger partial charge in [-0.25, -0.2) is 4.98 Å². The van der Waals surface area contributed by atoms with Crippen molar-refractivity contribution in [1.29, 1.82) is 5.26 Å². The van der Waals surface area contributed by atoms with E-state index >= 15 is 0 Å². The molecule has 1 N–H and O–H groups in total. The van der Waals surface area contributed by atoms with Gasteiger partial charge in [-0.15, -0.1) is 0 Å². The maximum Gasteiger partial charge on any atom is 0.142 e. The standard InChI is InChI=1S/C13H12N4O/c14-9-11-3-1-5-13(17-11)16-7-8-18-12-4-2-6-15-10-12/h1-6,10H,7-8H2,(H,16,17). The highest BCUT2D eigenvalue weighted by Crippen LogP contribution is 2.06. The minimum Gasteiger partial charge on any atom is -0.490 e. The molecule has 0 amide bonds. The van der Waals surface area contributed by atoms with Crippen LogP contribution in [0.1, 0.15) is 5.69 Å². The topological polar surface area (TPSA) is 70.8 Å². The van der Waals surface area contributed by atoms with Gasteiger partial charge in [0.2, 0.25) is 0 Å². The average Bonchev–Trinajstić information content (AvgIpc) is 2.45. The monoisotopic (exact) mass is 240 g/mol. The first kappa shape index (κ1) is 11.9. The molecule has 2 aromatic rings.